The van der Waals surface area contributed by atoms with Gasteiger partial charge in [0.1, 0.15) is 17.3 Å². The van der Waals surface area contributed by atoms with E-state index in [0.717, 1.165) is 17.2 Å². The molecule has 0 amide bonds. The Morgan fingerprint density at radius 1 is 1.06 bits per heavy atom. The fraction of sp³-hybridized carbons (Fsp3) is 0.536. The summed E-state index contributed by atoms with van der Waals surface area (Å²) >= 11 is 0. The van der Waals surface area contributed by atoms with Crippen molar-refractivity contribution in [3.8, 4) is 5.75 Å². The lowest BCUT2D eigenvalue weighted by molar-refractivity contribution is -0.138. The van der Waals surface area contributed by atoms with E-state index < -0.39 is 17.6 Å². The maximum absolute atomic E-state index is 12.5. The summed E-state index contributed by atoms with van der Waals surface area (Å²) in [6.45, 7) is 15.6. The van der Waals surface area contributed by atoms with Gasteiger partial charge in [-0.15, -0.1) is 0 Å². The topological polar surface area (TPSA) is 56.3 Å². The Morgan fingerprint density at radius 3 is 2.03 bits per heavy atom. The number of carbonyl (C=O) groups excluding carboxylic acids is 2. The number of nitrogens with zero attached hydrogens (tertiary/aromatic N) is 1. The molecule has 1 unspecified atom stereocenters. The van der Waals surface area contributed by atoms with Crippen molar-refractivity contribution in [3.05, 3.63) is 59.2 Å². The standard InChI is InChI=1S/C11H14O2.C7H5F4N.C7H16.C3H6O/c1-3-11(12)9-6-5-7-10(8-9)13-4-2;1-4-6(8)2-5(3-12-4)7(9,10)11;1-4-6-7(3)5-2;1-3(2)4/h5-8H,3-4H2,1-2H3;2-3H,1H3;7H,4-6H2,1-3H3;1-2H3. The van der Waals surface area contributed by atoms with E-state index in [9.17, 15) is 27.2 Å². The van der Waals surface area contributed by atoms with Gasteiger partial charge in [-0.25, -0.2) is 4.39 Å². The molecule has 0 fully saturated rings. The molecular formula is C28H41F4NO3. The van der Waals surface area contributed by atoms with Crippen molar-refractivity contribution >= 4 is 11.6 Å². The number of Topliss-reactive ketones (excluding diaryl/α,β-unsaturated/α-hetero) is 2. The lowest BCUT2D eigenvalue weighted by Crippen LogP contribution is -2.06. The number of ether oxygens (including phenoxy) is 1. The molecule has 1 aromatic carbocycles. The van der Waals surface area contributed by atoms with Crippen LogP contribution < -0.4 is 4.74 Å². The van der Waals surface area contributed by atoms with E-state index in [1.807, 2.05) is 32.0 Å². The van der Waals surface area contributed by atoms with Crippen LogP contribution in [0.1, 0.15) is 95.8 Å². The molecule has 1 heterocycles. The molecule has 0 spiro atoms. The van der Waals surface area contributed by atoms with Crippen molar-refractivity contribution in [1.82, 2.24) is 4.98 Å². The van der Waals surface area contributed by atoms with E-state index in [4.69, 9.17) is 4.74 Å². The Balaban J connectivity index is 0. The maximum Gasteiger partial charge on any atom is 0.417 e. The number of hydrogen-bond acceptors (Lipinski definition) is 4. The van der Waals surface area contributed by atoms with Crippen molar-refractivity contribution in [2.24, 2.45) is 5.92 Å². The smallest absolute Gasteiger partial charge is 0.417 e. The average Bonchev–Trinajstić information content (AvgIpc) is 2.80. The van der Waals surface area contributed by atoms with Gasteiger partial charge in [-0.05, 0) is 51.8 Å². The van der Waals surface area contributed by atoms with Crippen molar-refractivity contribution < 1.29 is 31.9 Å². The van der Waals surface area contributed by atoms with Crippen molar-refractivity contribution in [2.75, 3.05) is 6.61 Å². The summed E-state index contributed by atoms with van der Waals surface area (Å²) in [4.78, 5) is 24.0. The number of aryl methyl sites for hydroxylation is 1. The van der Waals surface area contributed by atoms with Gasteiger partial charge in [-0.2, -0.15) is 13.2 Å². The third kappa shape index (κ3) is 17.6. The molecule has 0 aliphatic carbocycles. The van der Waals surface area contributed by atoms with Crippen molar-refractivity contribution in [2.45, 2.75) is 87.2 Å². The molecule has 0 bridgehead atoms. The fourth-order valence-corrected chi connectivity index (χ4v) is 2.49. The molecule has 1 atom stereocenters. The molecule has 0 saturated heterocycles. The van der Waals surface area contributed by atoms with Gasteiger partial charge in [0.25, 0.3) is 0 Å². The fourth-order valence-electron chi connectivity index (χ4n) is 2.49. The first-order valence-corrected chi connectivity index (χ1v) is 12.2. The highest BCUT2D eigenvalue weighted by Gasteiger charge is 2.31. The molecule has 0 radical (unpaired) electrons. The third-order valence-corrected chi connectivity index (χ3v) is 4.62. The van der Waals surface area contributed by atoms with Gasteiger partial charge in [-0.1, -0.05) is 59.1 Å². The first-order chi connectivity index (χ1) is 16.7. The molecule has 204 valence electrons. The van der Waals surface area contributed by atoms with Crippen LogP contribution in [0.15, 0.2) is 36.5 Å². The average molecular weight is 516 g/mol. The highest BCUT2D eigenvalue weighted by Crippen LogP contribution is 2.29. The minimum Gasteiger partial charge on any atom is -0.494 e. The summed E-state index contributed by atoms with van der Waals surface area (Å²) < 4.78 is 53.5. The van der Waals surface area contributed by atoms with Crippen LogP contribution in [0, 0.1) is 18.7 Å². The van der Waals surface area contributed by atoms with Gasteiger partial charge in [0.05, 0.1) is 17.9 Å². The third-order valence-electron chi connectivity index (χ3n) is 4.62. The van der Waals surface area contributed by atoms with Crippen LogP contribution in [0.4, 0.5) is 17.6 Å². The summed E-state index contributed by atoms with van der Waals surface area (Å²) in [6, 6.07) is 7.73. The Labute approximate surface area is 213 Å². The zero-order valence-electron chi connectivity index (χ0n) is 22.8. The van der Waals surface area contributed by atoms with Crippen LogP contribution in [-0.4, -0.2) is 23.2 Å². The summed E-state index contributed by atoms with van der Waals surface area (Å²) in [5.74, 6) is 1.10. The van der Waals surface area contributed by atoms with E-state index in [0.29, 0.717) is 25.3 Å². The summed E-state index contributed by atoms with van der Waals surface area (Å²) in [7, 11) is 0. The molecule has 8 heteroatoms. The molecular weight excluding hydrogens is 474 g/mol. The van der Waals surface area contributed by atoms with Crippen molar-refractivity contribution in [3.63, 3.8) is 0 Å². The first-order valence-electron chi connectivity index (χ1n) is 12.2. The molecule has 0 saturated carbocycles. The van der Waals surface area contributed by atoms with E-state index in [-0.39, 0.29) is 17.3 Å². The lowest BCUT2D eigenvalue weighted by atomic mass is 10.0. The second kappa shape index (κ2) is 19.4. The van der Waals surface area contributed by atoms with Crippen LogP contribution in [-0.2, 0) is 11.0 Å². The lowest BCUT2D eigenvalue weighted by Gasteiger charge is -2.05. The minimum atomic E-state index is -4.53. The molecule has 0 aliphatic rings. The van der Waals surface area contributed by atoms with Crippen molar-refractivity contribution in [1.29, 1.82) is 0 Å². The second-order valence-electron chi connectivity index (χ2n) is 8.24. The number of aromatic nitrogens is 1. The van der Waals surface area contributed by atoms with Crippen LogP contribution >= 0.6 is 0 Å². The summed E-state index contributed by atoms with van der Waals surface area (Å²) in [5, 5.41) is 0. The Kier molecular flexibility index (Phi) is 19.1. The van der Waals surface area contributed by atoms with Crippen LogP contribution in [0.25, 0.3) is 0 Å². The van der Waals surface area contributed by atoms with Gasteiger partial charge < -0.3 is 9.53 Å². The normalized spacial score (nSPS) is 10.9. The number of benzene rings is 1. The molecule has 2 aromatic rings. The quantitative estimate of drug-likeness (QED) is 0.273. The Hall–Kier alpha value is -2.77. The number of pyridine rings is 1. The predicted octanol–water partition coefficient (Wildman–Crippen LogP) is 8.65. The molecule has 36 heavy (non-hydrogen) atoms. The van der Waals surface area contributed by atoms with E-state index in [1.54, 1.807) is 6.07 Å². The van der Waals surface area contributed by atoms with Gasteiger partial charge in [0.15, 0.2) is 5.78 Å². The number of halogens is 4. The Bertz CT molecular complexity index is 895. The second-order valence-corrected chi connectivity index (χ2v) is 8.24. The molecule has 0 N–H and O–H groups in total. The predicted molar refractivity (Wildman–Crippen MR) is 137 cm³/mol. The SMILES string of the molecule is CC(C)=O.CCCC(C)CC.CCOc1cccc(C(=O)CC)c1.Cc1ncc(C(F)(F)F)cc1F. The zero-order chi connectivity index (χ0) is 28.3. The minimum absolute atomic E-state index is 0.0389. The Morgan fingerprint density at radius 2 is 1.64 bits per heavy atom. The number of rotatable bonds is 7. The number of alkyl halides is 3. The highest BCUT2D eigenvalue weighted by molar-refractivity contribution is 5.96. The van der Waals surface area contributed by atoms with Gasteiger partial charge >= 0.3 is 6.18 Å². The number of ketones is 2. The molecule has 1 aromatic heterocycles. The summed E-state index contributed by atoms with van der Waals surface area (Å²) in [5.41, 5.74) is -0.373. The molecule has 0 aliphatic heterocycles. The summed E-state index contributed by atoms with van der Waals surface area (Å²) in [6.07, 6.45) is 0.703. The van der Waals surface area contributed by atoms with E-state index in [2.05, 4.69) is 25.8 Å². The van der Waals surface area contributed by atoms with Crippen LogP contribution in [0.5, 0.6) is 5.75 Å². The number of carbonyl (C=O) groups is 2. The number of hydrogen-bond donors (Lipinski definition) is 0. The first kappa shape index (κ1) is 35.4. The van der Waals surface area contributed by atoms with Gasteiger partial charge in [0.2, 0.25) is 0 Å². The monoisotopic (exact) mass is 515 g/mol. The van der Waals surface area contributed by atoms with Gasteiger partial charge in [0, 0.05) is 18.2 Å². The molecule has 4 nitrogen and oxygen atoms in total. The largest absolute Gasteiger partial charge is 0.494 e. The maximum atomic E-state index is 12.5. The zero-order valence-corrected chi connectivity index (χ0v) is 22.8. The van der Waals surface area contributed by atoms with E-state index in [1.165, 1.54) is 40.0 Å². The van der Waals surface area contributed by atoms with Crippen LogP contribution in [0.2, 0.25) is 0 Å². The molecule has 2 rings (SSSR count). The van der Waals surface area contributed by atoms with Crippen LogP contribution in [0.3, 0.4) is 0 Å². The van der Waals surface area contributed by atoms with E-state index >= 15 is 0 Å². The highest BCUT2D eigenvalue weighted by atomic mass is 19.4. The van der Waals surface area contributed by atoms with Gasteiger partial charge in [-0.3, -0.25) is 9.78 Å².